The number of ether oxygens (including phenoxy) is 2. The molecule has 0 saturated heterocycles. The highest BCUT2D eigenvalue weighted by molar-refractivity contribution is 5.97. The quantitative estimate of drug-likeness (QED) is 0.872. The summed E-state index contributed by atoms with van der Waals surface area (Å²) in [4.78, 5) is 28.8. The summed E-state index contributed by atoms with van der Waals surface area (Å²) in [6.45, 7) is 9.98. The van der Waals surface area contributed by atoms with Crippen molar-refractivity contribution in [2.45, 2.75) is 40.0 Å². The van der Waals surface area contributed by atoms with Crippen LogP contribution in [-0.4, -0.2) is 33.8 Å². The highest BCUT2D eigenvalue weighted by Crippen LogP contribution is 2.27. The molecule has 7 heteroatoms. The lowest BCUT2D eigenvalue weighted by atomic mass is 9.89. The van der Waals surface area contributed by atoms with Crippen molar-refractivity contribution >= 4 is 11.6 Å². The maximum absolute atomic E-state index is 12.3. The molecule has 2 heterocycles. The molecule has 0 bridgehead atoms. The highest BCUT2D eigenvalue weighted by Gasteiger charge is 2.29. The number of fused-ring (bicyclic) bond motifs is 1. The Hall–Kier alpha value is -2.31. The van der Waals surface area contributed by atoms with Crippen LogP contribution in [0, 0.1) is 0 Å². The Morgan fingerprint density at radius 1 is 1.32 bits per heavy atom. The summed E-state index contributed by atoms with van der Waals surface area (Å²) in [5.41, 5.74) is 0.375. The minimum atomic E-state index is -0.508. The van der Waals surface area contributed by atoms with Crippen LogP contribution in [0.2, 0.25) is 0 Å². The molecule has 0 atom stereocenters. The fourth-order valence-electron chi connectivity index (χ4n) is 2.18. The van der Waals surface area contributed by atoms with E-state index in [2.05, 4.69) is 10.1 Å². The summed E-state index contributed by atoms with van der Waals surface area (Å²) in [6.07, 6.45) is 0. The molecule has 0 saturated carbocycles. The largest absolute Gasteiger partial charge is 0.478 e. The molecule has 0 aliphatic heterocycles. The Morgan fingerprint density at radius 3 is 2.55 bits per heavy atom. The summed E-state index contributed by atoms with van der Waals surface area (Å²) >= 11 is 0. The Bertz CT molecular complexity index is 752. The first-order chi connectivity index (χ1) is 10.3. The molecule has 0 aromatic carbocycles. The van der Waals surface area contributed by atoms with Gasteiger partial charge in [0.1, 0.15) is 5.56 Å². The average Bonchev–Trinajstić information content (AvgIpc) is 2.79. The summed E-state index contributed by atoms with van der Waals surface area (Å²) in [5, 5.41) is 2.97. The first-order valence-corrected chi connectivity index (χ1v) is 7.25. The number of esters is 1. The van der Waals surface area contributed by atoms with Crippen molar-refractivity contribution in [3.05, 3.63) is 27.7 Å². The predicted octanol–water partition coefficient (Wildman–Crippen LogP) is 1.90. The third kappa shape index (κ3) is 2.84. The number of hydrogen-bond acceptors (Lipinski definition) is 5. The molecule has 2 aromatic rings. The third-order valence-corrected chi connectivity index (χ3v) is 3.11. The number of nitrogens with zero attached hydrogens (tertiary/aromatic N) is 2. The Balaban J connectivity index is 2.80. The standard InChI is InChI=1S/C15H21N3O4/c1-6-21-9-8-10(19)18-13(16-9)11(14(20)22-7-2)12(17-18)15(3,4)5/h8,17H,6-7H2,1-5H3. The van der Waals surface area contributed by atoms with Crippen LogP contribution in [0.3, 0.4) is 0 Å². The van der Waals surface area contributed by atoms with Gasteiger partial charge >= 0.3 is 5.97 Å². The lowest BCUT2D eigenvalue weighted by molar-refractivity contribution is 0.0525. The van der Waals surface area contributed by atoms with Gasteiger partial charge < -0.3 is 9.47 Å². The molecule has 0 unspecified atom stereocenters. The van der Waals surface area contributed by atoms with E-state index in [0.29, 0.717) is 12.3 Å². The zero-order valence-electron chi connectivity index (χ0n) is 13.5. The summed E-state index contributed by atoms with van der Waals surface area (Å²) in [7, 11) is 0. The van der Waals surface area contributed by atoms with Gasteiger partial charge in [0.2, 0.25) is 5.88 Å². The van der Waals surface area contributed by atoms with E-state index in [0.717, 1.165) is 0 Å². The minimum absolute atomic E-state index is 0.192. The fraction of sp³-hybridized carbons (Fsp3) is 0.533. The van der Waals surface area contributed by atoms with E-state index >= 15 is 0 Å². The van der Waals surface area contributed by atoms with Crippen LogP contribution in [0.5, 0.6) is 5.88 Å². The van der Waals surface area contributed by atoms with Crippen molar-refractivity contribution in [2.24, 2.45) is 0 Å². The van der Waals surface area contributed by atoms with Crippen LogP contribution in [0.25, 0.3) is 5.65 Å². The fourth-order valence-corrected chi connectivity index (χ4v) is 2.18. The van der Waals surface area contributed by atoms with Gasteiger partial charge in [0.05, 0.1) is 25.0 Å². The molecular weight excluding hydrogens is 286 g/mol. The van der Waals surface area contributed by atoms with Crippen LogP contribution in [0.1, 0.15) is 50.7 Å². The molecular formula is C15H21N3O4. The number of hydrogen-bond donors (Lipinski definition) is 1. The number of aromatic amines is 1. The second kappa shape index (κ2) is 5.82. The molecule has 0 amide bonds. The van der Waals surface area contributed by atoms with Gasteiger partial charge in [-0.1, -0.05) is 20.8 Å². The molecule has 120 valence electrons. The van der Waals surface area contributed by atoms with Gasteiger partial charge in [0.25, 0.3) is 5.56 Å². The molecule has 0 fully saturated rings. The van der Waals surface area contributed by atoms with Gasteiger partial charge in [0.15, 0.2) is 5.65 Å². The normalized spacial score (nSPS) is 11.7. The average molecular weight is 307 g/mol. The molecule has 2 rings (SSSR count). The van der Waals surface area contributed by atoms with Crippen molar-refractivity contribution in [3.63, 3.8) is 0 Å². The molecule has 0 aliphatic rings. The van der Waals surface area contributed by atoms with Crippen molar-refractivity contribution < 1.29 is 14.3 Å². The second-order valence-electron chi connectivity index (χ2n) is 5.86. The Morgan fingerprint density at radius 2 is 2.00 bits per heavy atom. The maximum atomic E-state index is 12.3. The predicted molar refractivity (Wildman–Crippen MR) is 81.6 cm³/mol. The third-order valence-electron chi connectivity index (χ3n) is 3.11. The van der Waals surface area contributed by atoms with Crippen LogP contribution in [-0.2, 0) is 10.2 Å². The zero-order valence-corrected chi connectivity index (χ0v) is 13.5. The van der Waals surface area contributed by atoms with Crippen molar-refractivity contribution in [3.8, 4) is 5.88 Å². The van der Waals surface area contributed by atoms with E-state index in [1.54, 1.807) is 13.8 Å². The number of aromatic nitrogens is 3. The molecule has 1 N–H and O–H groups in total. The van der Waals surface area contributed by atoms with Crippen molar-refractivity contribution in [1.29, 1.82) is 0 Å². The SMILES string of the molecule is CCOC(=O)c1c(C(C)(C)C)[nH]n2c(=O)cc(OCC)nc12. The molecule has 0 radical (unpaired) electrons. The zero-order chi connectivity index (χ0) is 16.5. The van der Waals surface area contributed by atoms with Crippen LogP contribution < -0.4 is 10.3 Å². The maximum Gasteiger partial charge on any atom is 0.343 e. The van der Waals surface area contributed by atoms with Gasteiger partial charge in [-0.3, -0.25) is 9.89 Å². The highest BCUT2D eigenvalue weighted by atomic mass is 16.5. The number of carbonyl (C=O) groups is 1. The Kier molecular flexibility index (Phi) is 4.25. The topological polar surface area (TPSA) is 85.7 Å². The second-order valence-corrected chi connectivity index (χ2v) is 5.86. The summed E-state index contributed by atoms with van der Waals surface area (Å²) in [6, 6.07) is 1.29. The Labute approximate surface area is 128 Å². The minimum Gasteiger partial charge on any atom is -0.478 e. The van der Waals surface area contributed by atoms with E-state index < -0.39 is 5.97 Å². The van der Waals surface area contributed by atoms with Crippen LogP contribution in [0.15, 0.2) is 10.9 Å². The monoisotopic (exact) mass is 307 g/mol. The van der Waals surface area contributed by atoms with E-state index in [1.807, 2.05) is 20.8 Å². The van der Waals surface area contributed by atoms with Crippen LogP contribution >= 0.6 is 0 Å². The molecule has 7 nitrogen and oxygen atoms in total. The van der Waals surface area contributed by atoms with Gasteiger partial charge in [-0.15, -0.1) is 0 Å². The summed E-state index contributed by atoms with van der Waals surface area (Å²) in [5.74, 6) is -0.316. The first kappa shape index (κ1) is 16.1. The van der Waals surface area contributed by atoms with E-state index in [1.165, 1.54) is 10.6 Å². The molecule has 0 spiro atoms. The van der Waals surface area contributed by atoms with E-state index in [4.69, 9.17) is 9.47 Å². The molecule has 0 aliphatic carbocycles. The van der Waals surface area contributed by atoms with Gasteiger partial charge in [-0.25, -0.2) is 9.31 Å². The van der Waals surface area contributed by atoms with Crippen LogP contribution in [0.4, 0.5) is 0 Å². The molecule has 22 heavy (non-hydrogen) atoms. The van der Waals surface area contributed by atoms with Crippen molar-refractivity contribution in [1.82, 2.24) is 14.6 Å². The van der Waals surface area contributed by atoms with Gasteiger partial charge in [-0.05, 0) is 13.8 Å². The van der Waals surface area contributed by atoms with E-state index in [-0.39, 0.29) is 34.7 Å². The lowest BCUT2D eigenvalue weighted by Crippen LogP contribution is -2.18. The molecule has 2 aromatic heterocycles. The number of nitrogens with one attached hydrogen (secondary N) is 1. The summed E-state index contributed by atoms with van der Waals surface area (Å²) < 4.78 is 11.7. The van der Waals surface area contributed by atoms with Gasteiger partial charge in [-0.2, -0.15) is 4.98 Å². The van der Waals surface area contributed by atoms with Crippen molar-refractivity contribution in [2.75, 3.05) is 13.2 Å². The first-order valence-electron chi connectivity index (χ1n) is 7.25. The smallest absolute Gasteiger partial charge is 0.343 e. The number of H-pyrrole nitrogens is 1. The number of carbonyl (C=O) groups excluding carboxylic acids is 1. The number of rotatable bonds is 4. The lowest BCUT2D eigenvalue weighted by Gasteiger charge is -2.17. The van der Waals surface area contributed by atoms with E-state index in [9.17, 15) is 9.59 Å². The van der Waals surface area contributed by atoms with Gasteiger partial charge in [0, 0.05) is 5.41 Å².